The van der Waals surface area contributed by atoms with Crippen molar-refractivity contribution in [3.8, 4) is 0 Å². The molecule has 104 valence electrons. The van der Waals surface area contributed by atoms with Crippen molar-refractivity contribution in [3.05, 3.63) is 35.9 Å². The molecule has 0 aliphatic carbocycles. The summed E-state index contributed by atoms with van der Waals surface area (Å²) in [6.07, 6.45) is 1.82. The largest absolute Gasteiger partial charge is 0.344 e. The van der Waals surface area contributed by atoms with Crippen molar-refractivity contribution in [2.24, 2.45) is 0 Å². The molecule has 0 bridgehead atoms. The van der Waals surface area contributed by atoms with Gasteiger partial charge in [0, 0.05) is 33.1 Å². The van der Waals surface area contributed by atoms with Crippen molar-refractivity contribution in [2.75, 3.05) is 33.2 Å². The molecule has 3 nitrogen and oxygen atoms in total. The predicted octanol–water partition coefficient (Wildman–Crippen LogP) is 2.34. The van der Waals surface area contributed by atoms with E-state index in [4.69, 9.17) is 0 Å². The van der Waals surface area contributed by atoms with Gasteiger partial charge >= 0.3 is 0 Å². The van der Waals surface area contributed by atoms with Gasteiger partial charge in [-0.15, -0.1) is 0 Å². The number of hydrogen-bond donors (Lipinski definition) is 0. The van der Waals surface area contributed by atoms with Gasteiger partial charge < -0.3 is 9.80 Å². The van der Waals surface area contributed by atoms with Crippen LogP contribution in [0.25, 0.3) is 0 Å². The van der Waals surface area contributed by atoms with Crippen LogP contribution in [0.1, 0.15) is 31.2 Å². The number of benzene rings is 1. The predicted molar refractivity (Wildman–Crippen MR) is 78.2 cm³/mol. The van der Waals surface area contributed by atoms with E-state index in [1.807, 2.05) is 11.9 Å². The van der Waals surface area contributed by atoms with Gasteiger partial charge in [0.25, 0.3) is 0 Å². The first-order valence-corrected chi connectivity index (χ1v) is 7.18. The number of amides is 1. The lowest BCUT2D eigenvalue weighted by Gasteiger charge is -2.22. The fourth-order valence-corrected chi connectivity index (χ4v) is 2.52. The van der Waals surface area contributed by atoms with Crippen molar-refractivity contribution < 1.29 is 4.79 Å². The van der Waals surface area contributed by atoms with Crippen LogP contribution in [0.15, 0.2) is 30.3 Å². The van der Waals surface area contributed by atoms with Crippen LogP contribution >= 0.6 is 0 Å². The summed E-state index contributed by atoms with van der Waals surface area (Å²) in [5.74, 6) is 0.858. The third-order valence-corrected chi connectivity index (χ3v) is 4.07. The Morgan fingerprint density at radius 1 is 1.16 bits per heavy atom. The molecular weight excluding hydrogens is 236 g/mol. The fraction of sp³-hybridized carbons (Fsp3) is 0.562. The van der Waals surface area contributed by atoms with Gasteiger partial charge in [-0.25, -0.2) is 0 Å². The van der Waals surface area contributed by atoms with Crippen LogP contribution in [-0.4, -0.2) is 48.9 Å². The molecule has 1 aliphatic heterocycles. The van der Waals surface area contributed by atoms with E-state index in [1.54, 1.807) is 0 Å². The molecular formula is C16H24N2O. The average Bonchev–Trinajstić information content (AvgIpc) is 2.61. The molecule has 1 saturated heterocycles. The molecule has 19 heavy (non-hydrogen) atoms. The number of carbonyl (C=O) groups excluding carboxylic acids is 1. The monoisotopic (exact) mass is 260 g/mol. The summed E-state index contributed by atoms with van der Waals surface area (Å²) in [5, 5.41) is 0. The van der Waals surface area contributed by atoms with Crippen molar-refractivity contribution in [1.29, 1.82) is 0 Å². The molecule has 1 heterocycles. The fourth-order valence-electron chi connectivity index (χ4n) is 2.52. The van der Waals surface area contributed by atoms with Crippen molar-refractivity contribution in [2.45, 2.75) is 25.7 Å². The Morgan fingerprint density at radius 3 is 2.63 bits per heavy atom. The summed E-state index contributed by atoms with van der Waals surface area (Å²) in [4.78, 5) is 15.9. The summed E-state index contributed by atoms with van der Waals surface area (Å²) in [6, 6.07) is 10.7. The lowest BCUT2D eigenvalue weighted by molar-refractivity contribution is -0.129. The summed E-state index contributed by atoms with van der Waals surface area (Å²) in [6.45, 7) is 6.13. The van der Waals surface area contributed by atoms with Crippen LogP contribution in [0.5, 0.6) is 0 Å². The lowest BCUT2D eigenvalue weighted by atomic mass is 9.98. The van der Waals surface area contributed by atoms with E-state index in [2.05, 4.69) is 42.2 Å². The van der Waals surface area contributed by atoms with E-state index in [0.717, 1.165) is 32.6 Å². The number of rotatable bonds is 4. The molecule has 0 spiro atoms. The summed E-state index contributed by atoms with van der Waals surface area (Å²) >= 11 is 0. The molecule has 0 radical (unpaired) electrons. The lowest BCUT2D eigenvalue weighted by Crippen LogP contribution is -2.31. The molecule has 2 rings (SSSR count). The van der Waals surface area contributed by atoms with Crippen molar-refractivity contribution in [3.63, 3.8) is 0 Å². The maximum Gasteiger partial charge on any atom is 0.223 e. The quantitative estimate of drug-likeness (QED) is 0.829. The Kier molecular flexibility index (Phi) is 4.97. The second-order valence-electron chi connectivity index (χ2n) is 5.51. The zero-order valence-electron chi connectivity index (χ0n) is 12.0. The van der Waals surface area contributed by atoms with Crippen molar-refractivity contribution >= 4 is 5.91 Å². The van der Waals surface area contributed by atoms with Crippen LogP contribution < -0.4 is 0 Å². The van der Waals surface area contributed by atoms with E-state index in [-0.39, 0.29) is 5.91 Å². The summed E-state index contributed by atoms with van der Waals surface area (Å²) < 4.78 is 0. The minimum Gasteiger partial charge on any atom is -0.344 e. The standard InChI is InChI=1S/C16H24N2O/c1-14(15-6-4-3-5-7-15)8-10-18-11-9-16(19)17(2)12-13-18/h3-7,14H,8-13H2,1-2H3/t14-/m0/s1. The van der Waals surface area contributed by atoms with Crippen LogP contribution in [0.3, 0.4) is 0 Å². The van der Waals surface area contributed by atoms with E-state index in [1.165, 1.54) is 5.56 Å². The highest BCUT2D eigenvalue weighted by Crippen LogP contribution is 2.19. The molecule has 0 saturated carbocycles. The first-order valence-electron chi connectivity index (χ1n) is 7.18. The van der Waals surface area contributed by atoms with Gasteiger partial charge in [0.05, 0.1) is 0 Å². The smallest absolute Gasteiger partial charge is 0.223 e. The Bertz CT molecular complexity index is 404. The SMILES string of the molecule is C[C@@H](CCN1CCC(=O)N(C)CC1)c1ccccc1. The van der Waals surface area contributed by atoms with E-state index >= 15 is 0 Å². The molecule has 1 aliphatic rings. The number of carbonyl (C=O) groups is 1. The number of nitrogens with zero attached hydrogens (tertiary/aromatic N) is 2. The Balaban J connectivity index is 1.81. The minimum atomic E-state index is 0.276. The molecule has 0 N–H and O–H groups in total. The highest BCUT2D eigenvalue weighted by molar-refractivity contribution is 5.76. The van der Waals surface area contributed by atoms with Gasteiger partial charge in [0.1, 0.15) is 0 Å². The summed E-state index contributed by atoms with van der Waals surface area (Å²) in [5.41, 5.74) is 1.41. The van der Waals surface area contributed by atoms with E-state index in [9.17, 15) is 4.79 Å². The van der Waals surface area contributed by atoms with Crippen LogP contribution in [-0.2, 0) is 4.79 Å². The normalized spacial score (nSPS) is 19.3. The molecule has 1 fully saturated rings. The highest BCUT2D eigenvalue weighted by Gasteiger charge is 2.18. The Labute approximate surface area is 116 Å². The molecule has 1 aromatic rings. The van der Waals surface area contributed by atoms with Crippen molar-refractivity contribution in [1.82, 2.24) is 9.80 Å². The Hall–Kier alpha value is -1.35. The molecule has 0 unspecified atom stereocenters. The molecule has 1 atom stereocenters. The molecule has 1 amide bonds. The molecule has 3 heteroatoms. The van der Waals surface area contributed by atoms with Crippen LogP contribution in [0.2, 0.25) is 0 Å². The first-order chi connectivity index (χ1) is 9.16. The maximum absolute atomic E-state index is 11.6. The van der Waals surface area contributed by atoms with Crippen LogP contribution in [0, 0.1) is 0 Å². The zero-order valence-corrected chi connectivity index (χ0v) is 12.0. The average molecular weight is 260 g/mol. The van der Waals surface area contributed by atoms with Gasteiger partial charge in [0.2, 0.25) is 5.91 Å². The number of likely N-dealkylation sites (N-methyl/N-ethyl adjacent to an activating group) is 1. The van der Waals surface area contributed by atoms with Crippen LogP contribution in [0.4, 0.5) is 0 Å². The van der Waals surface area contributed by atoms with E-state index in [0.29, 0.717) is 12.3 Å². The minimum absolute atomic E-state index is 0.276. The Morgan fingerprint density at radius 2 is 1.89 bits per heavy atom. The third kappa shape index (κ3) is 4.06. The molecule has 0 aromatic heterocycles. The summed E-state index contributed by atoms with van der Waals surface area (Å²) in [7, 11) is 1.90. The zero-order chi connectivity index (χ0) is 13.7. The topological polar surface area (TPSA) is 23.6 Å². The van der Waals surface area contributed by atoms with E-state index < -0.39 is 0 Å². The second kappa shape index (κ2) is 6.71. The maximum atomic E-state index is 11.6. The number of hydrogen-bond acceptors (Lipinski definition) is 2. The third-order valence-electron chi connectivity index (χ3n) is 4.07. The first kappa shape index (κ1) is 14.1. The van der Waals surface area contributed by atoms with Gasteiger partial charge in [-0.1, -0.05) is 37.3 Å². The van der Waals surface area contributed by atoms with Gasteiger partial charge in [-0.05, 0) is 24.4 Å². The van der Waals surface area contributed by atoms with Gasteiger partial charge in [-0.3, -0.25) is 4.79 Å². The van der Waals surface area contributed by atoms with Gasteiger partial charge in [0.15, 0.2) is 0 Å². The highest BCUT2D eigenvalue weighted by atomic mass is 16.2. The molecule has 1 aromatic carbocycles. The second-order valence-corrected chi connectivity index (χ2v) is 5.51. The van der Waals surface area contributed by atoms with Gasteiger partial charge in [-0.2, -0.15) is 0 Å².